The fourth-order valence-electron chi connectivity index (χ4n) is 2.60. The quantitative estimate of drug-likeness (QED) is 0.790. The Kier molecular flexibility index (Phi) is 4.92. The molecule has 5 nitrogen and oxygen atoms in total. The first-order valence-corrected chi connectivity index (χ1v) is 7.53. The van der Waals surface area contributed by atoms with E-state index in [4.69, 9.17) is 4.42 Å². The smallest absolute Gasteiger partial charge is 0.251 e. The Morgan fingerprint density at radius 2 is 1.96 bits per heavy atom. The summed E-state index contributed by atoms with van der Waals surface area (Å²) in [5, 5.41) is 22.6. The van der Waals surface area contributed by atoms with Gasteiger partial charge in [0.25, 0.3) is 5.91 Å². The molecule has 0 saturated carbocycles. The van der Waals surface area contributed by atoms with Crippen molar-refractivity contribution in [3.8, 4) is 0 Å². The Bertz CT molecular complexity index is 716. The third-order valence-electron chi connectivity index (χ3n) is 4.00. The van der Waals surface area contributed by atoms with E-state index in [9.17, 15) is 15.0 Å². The normalized spacial score (nSPS) is 13.7. The SMILES string of the molecule is Cc1cc(C(C)(O)CNC(=O)c2ccc(C)c(CO)c2)c(C)o1. The van der Waals surface area contributed by atoms with E-state index in [-0.39, 0.29) is 19.1 Å². The molecule has 0 fully saturated rings. The van der Waals surface area contributed by atoms with Crippen LogP contribution in [0.2, 0.25) is 0 Å². The van der Waals surface area contributed by atoms with Crippen molar-refractivity contribution in [2.75, 3.05) is 6.54 Å². The zero-order valence-electron chi connectivity index (χ0n) is 13.9. The van der Waals surface area contributed by atoms with Crippen LogP contribution in [0.25, 0.3) is 0 Å². The molecule has 5 heteroatoms. The van der Waals surface area contributed by atoms with Crippen molar-refractivity contribution in [1.82, 2.24) is 5.32 Å². The van der Waals surface area contributed by atoms with Crippen molar-refractivity contribution >= 4 is 5.91 Å². The van der Waals surface area contributed by atoms with Gasteiger partial charge >= 0.3 is 0 Å². The van der Waals surface area contributed by atoms with Gasteiger partial charge in [-0.05, 0) is 57.0 Å². The largest absolute Gasteiger partial charge is 0.466 e. The van der Waals surface area contributed by atoms with E-state index in [1.54, 1.807) is 38.1 Å². The summed E-state index contributed by atoms with van der Waals surface area (Å²) in [6.45, 7) is 7.06. The van der Waals surface area contributed by atoms with Crippen molar-refractivity contribution in [2.24, 2.45) is 0 Å². The molecular formula is C18H23NO4. The number of hydrogen-bond acceptors (Lipinski definition) is 4. The van der Waals surface area contributed by atoms with Gasteiger partial charge in [-0.2, -0.15) is 0 Å². The van der Waals surface area contributed by atoms with Crippen LogP contribution in [-0.2, 0) is 12.2 Å². The summed E-state index contributed by atoms with van der Waals surface area (Å²) in [5.41, 5.74) is 1.54. The van der Waals surface area contributed by atoms with Crippen molar-refractivity contribution in [3.05, 3.63) is 58.0 Å². The molecule has 1 heterocycles. The molecule has 2 rings (SSSR count). The van der Waals surface area contributed by atoms with Crippen LogP contribution in [-0.4, -0.2) is 22.7 Å². The molecule has 124 valence electrons. The molecule has 1 aromatic heterocycles. The topological polar surface area (TPSA) is 82.7 Å². The van der Waals surface area contributed by atoms with Gasteiger partial charge in [0.2, 0.25) is 0 Å². The number of nitrogens with one attached hydrogen (secondary N) is 1. The van der Waals surface area contributed by atoms with Crippen LogP contribution in [0.1, 0.15) is 45.5 Å². The minimum atomic E-state index is -1.22. The fourth-order valence-corrected chi connectivity index (χ4v) is 2.60. The lowest BCUT2D eigenvalue weighted by atomic mass is 9.96. The van der Waals surface area contributed by atoms with Crippen LogP contribution in [0, 0.1) is 20.8 Å². The van der Waals surface area contributed by atoms with E-state index in [2.05, 4.69) is 5.32 Å². The van der Waals surface area contributed by atoms with E-state index in [1.165, 1.54) is 0 Å². The van der Waals surface area contributed by atoms with Gasteiger partial charge in [-0.1, -0.05) is 6.07 Å². The number of hydrogen-bond donors (Lipinski definition) is 3. The molecule has 0 aliphatic rings. The van der Waals surface area contributed by atoms with Crippen LogP contribution in [0.4, 0.5) is 0 Å². The van der Waals surface area contributed by atoms with Crippen molar-refractivity contribution in [3.63, 3.8) is 0 Å². The van der Waals surface area contributed by atoms with Crippen LogP contribution >= 0.6 is 0 Å². The van der Waals surface area contributed by atoms with Gasteiger partial charge in [0.1, 0.15) is 17.1 Å². The minimum Gasteiger partial charge on any atom is -0.466 e. The number of amides is 1. The average Bonchev–Trinajstić information content (AvgIpc) is 2.85. The zero-order chi connectivity index (χ0) is 17.2. The molecular weight excluding hydrogens is 294 g/mol. The molecule has 23 heavy (non-hydrogen) atoms. The molecule has 1 unspecified atom stereocenters. The number of benzene rings is 1. The van der Waals surface area contributed by atoms with Gasteiger partial charge in [0, 0.05) is 11.1 Å². The minimum absolute atomic E-state index is 0.0635. The van der Waals surface area contributed by atoms with E-state index < -0.39 is 5.60 Å². The number of aryl methyl sites for hydroxylation is 3. The highest BCUT2D eigenvalue weighted by Crippen LogP contribution is 2.26. The number of aliphatic hydroxyl groups excluding tert-OH is 1. The predicted molar refractivity (Wildman–Crippen MR) is 87.2 cm³/mol. The number of rotatable bonds is 5. The average molecular weight is 317 g/mol. The summed E-state index contributed by atoms with van der Waals surface area (Å²) in [7, 11) is 0. The van der Waals surface area contributed by atoms with E-state index >= 15 is 0 Å². The standard InChI is InChI=1S/C18H23NO4/c1-11-5-6-14(8-15(11)9-20)17(21)19-10-18(4,22)16-7-12(2)23-13(16)3/h5-8,20,22H,9-10H2,1-4H3,(H,19,21). The zero-order valence-corrected chi connectivity index (χ0v) is 13.9. The monoisotopic (exact) mass is 317 g/mol. The second kappa shape index (κ2) is 6.56. The van der Waals surface area contributed by atoms with Crippen LogP contribution in [0.5, 0.6) is 0 Å². The Balaban J connectivity index is 2.10. The fraction of sp³-hybridized carbons (Fsp3) is 0.389. The molecule has 0 aliphatic heterocycles. The molecule has 0 saturated heterocycles. The maximum absolute atomic E-state index is 12.3. The van der Waals surface area contributed by atoms with E-state index in [0.717, 1.165) is 11.3 Å². The van der Waals surface area contributed by atoms with Crippen molar-refractivity contribution in [1.29, 1.82) is 0 Å². The third-order valence-corrected chi connectivity index (χ3v) is 4.00. The van der Waals surface area contributed by atoms with Gasteiger partial charge in [0.05, 0.1) is 13.2 Å². The highest BCUT2D eigenvalue weighted by molar-refractivity contribution is 5.94. The van der Waals surface area contributed by atoms with Crippen molar-refractivity contribution < 1.29 is 19.4 Å². The number of furan rings is 1. The lowest BCUT2D eigenvalue weighted by molar-refractivity contribution is 0.0514. The first-order valence-electron chi connectivity index (χ1n) is 7.53. The number of carbonyl (C=O) groups is 1. The van der Waals surface area contributed by atoms with Crippen LogP contribution in [0.15, 0.2) is 28.7 Å². The number of carbonyl (C=O) groups excluding carboxylic acids is 1. The summed E-state index contributed by atoms with van der Waals surface area (Å²) in [6, 6.07) is 6.93. The first kappa shape index (κ1) is 17.2. The molecule has 1 atom stereocenters. The van der Waals surface area contributed by atoms with Crippen LogP contribution in [0.3, 0.4) is 0 Å². The maximum atomic E-state index is 12.3. The summed E-state index contributed by atoms with van der Waals surface area (Å²) in [6.07, 6.45) is 0. The highest BCUT2D eigenvalue weighted by Gasteiger charge is 2.28. The van der Waals surface area contributed by atoms with Gasteiger partial charge in [-0.25, -0.2) is 0 Å². The maximum Gasteiger partial charge on any atom is 0.251 e. The summed E-state index contributed by atoms with van der Waals surface area (Å²) in [4.78, 5) is 12.3. The third kappa shape index (κ3) is 3.81. The summed E-state index contributed by atoms with van der Waals surface area (Å²) in [5.74, 6) is 1.06. The van der Waals surface area contributed by atoms with Crippen LogP contribution < -0.4 is 5.32 Å². The number of aliphatic hydroxyl groups is 2. The Morgan fingerprint density at radius 1 is 1.26 bits per heavy atom. The molecule has 2 aromatic rings. The first-order chi connectivity index (χ1) is 10.7. The molecule has 0 bridgehead atoms. The van der Waals surface area contributed by atoms with E-state index in [0.29, 0.717) is 22.5 Å². The Morgan fingerprint density at radius 3 is 2.52 bits per heavy atom. The second-order valence-electron chi connectivity index (χ2n) is 6.08. The summed E-state index contributed by atoms with van der Waals surface area (Å²) < 4.78 is 5.44. The molecule has 0 aliphatic carbocycles. The van der Waals surface area contributed by atoms with Gasteiger partial charge in [0.15, 0.2) is 0 Å². The lowest BCUT2D eigenvalue weighted by Gasteiger charge is -2.23. The molecule has 0 spiro atoms. The Labute approximate surface area is 136 Å². The van der Waals surface area contributed by atoms with Crippen molar-refractivity contribution in [2.45, 2.75) is 39.9 Å². The predicted octanol–water partition coefficient (Wildman–Crippen LogP) is 2.33. The molecule has 0 radical (unpaired) electrons. The van der Waals surface area contributed by atoms with Gasteiger partial charge < -0.3 is 19.9 Å². The highest BCUT2D eigenvalue weighted by atomic mass is 16.3. The molecule has 3 N–H and O–H groups in total. The van der Waals surface area contributed by atoms with Gasteiger partial charge in [-0.3, -0.25) is 4.79 Å². The Hall–Kier alpha value is -2.11. The van der Waals surface area contributed by atoms with Gasteiger partial charge in [-0.15, -0.1) is 0 Å². The molecule has 1 aromatic carbocycles. The second-order valence-corrected chi connectivity index (χ2v) is 6.08. The molecule has 1 amide bonds. The van der Waals surface area contributed by atoms with E-state index in [1.807, 2.05) is 13.8 Å². The lowest BCUT2D eigenvalue weighted by Crippen LogP contribution is -2.38. The summed E-state index contributed by atoms with van der Waals surface area (Å²) >= 11 is 0.